The van der Waals surface area contributed by atoms with E-state index in [0.29, 0.717) is 13.0 Å². The average molecular weight is 269 g/mol. The van der Waals surface area contributed by atoms with E-state index < -0.39 is 11.7 Å². The number of hydrogen-bond donors (Lipinski definition) is 3. The van der Waals surface area contributed by atoms with E-state index in [0.717, 1.165) is 24.4 Å². The number of hydrogen-bond acceptors (Lipinski definition) is 4. The molecule has 0 saturated carbocycles. The standard InChI is InChI=1S/C13H23N3O3/c1-13(2,3)19-12(18)14-7-4-5-10-9-15-11(16-10)6-8-17/h9,17H,4-8H2,1-3H3,(H,14,18)(H,15,16). The number of ether oxygens (including phenoxy) is 1. The number of aryl methyl sites for hydroxylation is 1. The van der Waals surface area contributed by atoms with Gasteiger partial charge in [0.2, 0.25) is 0 Å². The maximum absolute atomic E-state index is 11.4. The predicted octanol–water partition coefficient (Wildman–Crippen LogP) is 1.40. The summed E-state index contributed by atoms with van der Waals surface area (Å²) in [4.78, 5) is 18.6. The number of imidazole rings is 1. The summed E-state index contributed by atoms with van der Waals surface area (Å²) in [5.41, 5.74) is 0.543. The van der Waals surface area contributed by atoms with E-state index >= 15 is 0 Å². The van der Waals surface area contributed by atoms with Gasteiger partial charge in [-0.3, -0.25) is 0 Å². The minimum Gasteiger partial charge on any atom is -0.444 e. The molecule has 1 heterocycles. The molecule has 3 N–H and O–H groups in total. The first-order chi connectivity index (χ1) is 8.90. The average Bonchev–Trinajstić information content (AvgIpc) is 2.70. The van der Waals surface area contributed by atoms with Crippen LogP contribution in [-0.2, 0) is 17.6 Å². The number of H-pyrrole nitrogens is 1. The molecule has 108 valence electrons. The maximum atomic E-state index is 11.4. The first-order valence-electron chi connectivity index (χ1n) is 6.51. The SMILES string of the molecule is CC(C)(C)OC(=O)NCCCc1cnc(CCO)[nH]1. The second-order valence-corrected chi connectivity index (χ2v) is 5.36. The number of alkyl carbamates (subject to hydrolysis) is 1. The molecule has 1 amide bonds. The number of amides is 1. The smallest absolute Gasteiger partial charge is 0.407 e. The zero-order valence-corrected chi connectivity index (χ0v) is 11.8. The van der Waals surface area contributed by atoms with Gasteiger partial charge < -0.3 is 20.1 Å². The first kappa shape index (κ1) is 15.5. The molecular weight excluding hydrogens is 246 g/mol. The number of nitrogens with zero attached hydrogens (tertiary/aromatic N) is 1. The van der Waals surface area contributed by atoms with Crippen LogP contribution < -0.4 is 5.32 Å². The van der Waals surface area contributed by atoms with Gasteiger partial charge in [-0.2, -0.15) is 0 Å². The Balaban J connectivity index is 2.18. The Hall–Kier alpha value is -1.56. The lowest BCUT2D eigenvalue weighted by Crippen LogP contribution is -2.33. The molecule has 0 radical (unpaired) electrons. The van der Waals surface area contributed by atoms with Crippen LogP contribution in [0.5, 0.6) is 0 Å². The topological polar surface area (TPSA) is 87.2 Å². The molecular formula is C13H23N3O3. The lowest BCUT2D eigenvalue weighted by atomic mass is 10.2. The van der Waals surface area contributed by atoms with Crippen molar-refractivity contribution in [1.29, 1.82) is 0 Å². The quantitative estimate of drug-likeness (QED) is 0.681. The third-order valence-electron chi connectivity index (χ3n) is 2.32. The van der Waals surface area contributed by atoms with Crippen LogP contribution >= 0.6 is 0 Å². The van der Waals surface area contributed by atoms with Crippen molar-refractivity contribution in [3.05, 3.63) is 17.7 Å². The van der Waals surface area contributed by atoms with Crippen LogP contribution in [0.2, 0.25) is 0 Å². The zero-order chi connectivity index (χ0) is 14.3. The lowest BCUT2D eigenvalue weighted by Gasteiger charge is -2.19. The first-order valence-corrected chi connectivity index (χ1v) is 6.51. The summed E-state index contributed by atoms with van der Waals surface area (Å²) in [5, 5.41) is 11.5. The van der Waals surface area contributed by atoms with Crippen molar-refractivity contribution in [2.24, 2.45) is 0 Å². The Morgan fingerprint density at radius 3 is 2.84 bits per heavy atom. The van der Waals surface area contributed by atoms with Crippen molar-refractivity contribution < 1.29 is 14.6 Å². The summed E-state index contributed by atoms with van der Waals surface area (Å²) in [6.45, 7) is 6.15. The van der Waals surface area contributed by atoms with Crippen LogP contribution in [0, 0.1) is 0 Å². The Bertz CT molecular complexity index is 396. The Morgan fingerprint density at radius 1 is 1.47 bits per heavy atom. The fourth-order valence-corrected chi connectivity index (χ4v) is 1.55. The van der Waals surface area contributed by atoms with Gasteiger partial charge in [0.15, 0.2) is 0 Å². The van der Waals surface area contributed by atoms with Crippen molar-refractivity contribution in [2.45, 2.75) is 45.6 Å². The molecule has 19 heavy (non-hydrogen) atoms. The predicted molar refractivity (Wildman–Crippen MR) is 71.9 cm³/mol. The van der Waals surface area contributed by atoms with Gasteiger partial charge in [-0.1, -0.05) is 0 Å². The van der Waals surface area contributed by atoms with Crippen molar-refractivity contribution >= 4 is 6.09 Å². The largest absolute Gasteiger partial charge is 0.444 e. The van der Waals surface area contributed by atoms with Crippen LogP contribution in [0.15, 0.2) is 6.20 Å². The number of carbonyl (C=O) groups excluding carboxylic acids is 1. The van der Waals surface area contributed by atoms with Gasteiger partial charge in [0.05, 0.1) is 6.61 Å². The van der Waals surface area contributed by atoms with E-state index in [1.807, 2.05) is 20.8 Å². The molecule has 6 heteroatoms. The minimum absolute atomic E-state index is 0.0904. The highest BCUT2D eigenvalue weighted by Crippen LogP contribution is 2.06. The fraction of sp³-hybridized carbons (Fsp3) is 0.692. The molecule has 0 fully saturated rings. The van der Waals surface area contributed by atoms with Gasteiger partial charge in [-0.25, -0.2) is 9.78 Å². The Morgan fingerprint density at radius 2 is 2.21 bits per heavy atom. The Labute approximate surface area is 113 Å². The number of rotatable bonds is 6. The molecule has 0 unspecified atom stereocenters. The number of aliphatic hydroxyl groups is 1. The monoisotopic (exact) mass is 269 g/mol. The van der Waals surface area contributed by atoms with Crippen molar-refractivity contribution in [1.82, 2.24) is 15.3 Å². The van der Waals surface area contributed by atoms with Gasteiger partial charge >= 0.3 is 6.09 Å². The minimum atomic E-state index is -0.466. The molecule has 0 aromatic carbocycles. The van der Waals surface area contributed by atoms with Gasteiger partial charge in [0.1, 0.15) is 11.4 Å². The molecule has 1 aromatic rings. The van der Waals surface area contributed by atoms with Crippen molar-refractivity contribution in [3.63, 3.8) is 0 Å². The third-order valence-corrected chi connectivity index (χ3v) is 2.32. The summed E-state index contributed by atoms with van der Waals surface area (Å²) < 4.78 is 5.13. The van der Waals surface area contributed by atoms with Crippen molar-refractivity contribution in [3.8, 4) is 0 Å². The Kier molecular flexibility index (Phi) is 5.82. The van der Waals surface area contributed by atoms with E-state index in [-0.39, 0.29) is 6.61 Å². The summed E-state index contributed by atoms with van der Waals surface area (Å²) in [6, 6.07) is 0. The molecule has 6 nitrogen and oxygen atoms in total. The number of aromatic amines is 1. The molecule has 0 saturated heterocycles. The van der Waals surface area contributed by atoms with E-state index in [2.05, 4.69) is 15.3 Å². The number of aliphatic hydroxyl groups excluding tert-OH is 1. The van der Waals surface area contributed by atoms with Gasteiger partial charge in [-0.15, -0.1) is 0 Å². The second-order valence-electron chi connectivity index (χ2n) is 5.36. The number of carbonyl (C=O) groups is 1. The van der Waals surface area contributed by atoms with Crippen LogP contribution in [0.25, 0.3) is 0 Å². The van der Waals surface area contributed by atoms with E-state index in [9.17, 15) is 4.79 Å². The molecule has 1 rings (SSSR count). The molecule has 0 aliphatic rings. The molecule has 1 aromatic heterocycles. The highest BCUT2D eigenvalue weighted by atomic mass is 16.6. The number of nitrogens with one attached hydrogen (secondary N) is 2. The van der Waals surface area contributed by atoms with Gasteiger partial charge in [-0.05, 0) is 33.6 Å². The van der Waals surface area contributed by atoms with E-state index in [4.69, 9.17) is 9.84 Å². The van der Waals surface area contributed by atoms with Crippen LogP contribution in [0.3, 0.4) is 0 Å². The normalized spacial score (nSPS) is 11.4. The fourth-order valence-electron chi connectivity index (χ4n) is 1.55. The summed E-state index contributed by atoms with van der Waals surface area (Å²) in [7, 11) is 0. The molecule has 0 atom stereocenters. The zero-order valence-electron chi connectivity index (χ0n) is 11.8. The van der Waals surface area contributed by atoms with Gasteiger partial charge in [0.25, 0.3) is 0 Å². The molecule has 0 bridgehead atoms. The highest BCUT2D eigenvalue weighted by molar-refractivity contribution is 5.67. The highest BCUT2D eigenvalue weighted by Gasteiger charge is 2.15. The van der Waals surface area contributed by atoms with Crippen LogP contribution in [0.1, 0.15) is 38.7 Å². The summed E-state index contributed by atoms with van der Waals surface area (Å²) >= 11 is 0. The summed E-state index contributed by atoms with van der Waals surface area (Å²) in [5.74, 6) is 0.789. The number of aromatic nitrogens is 2. The lowest BCUT2D eigenvalue weighted by molar-refractivity contribution is 0.0527. The van der Waals surface area contributed by atoms with E-state index in [1.54, 1.807) is 6.20 Å². The maximum Gasteiger partial charge on any atom is 0.407 e. The van der Waals surface area contributed by atoms with Gasteiger partial charge in [0, 0.05) is 24.9 Å². The second kappa shape index (κ2) is 7.13. The van der Waals surface area contributed by atoms with E-state index in [1.165, 1.54) is 0 Å². The molecule has 0 spiro atoms. The third kappa shape index (κ3) is 6.81. The van der Waals surface area contributed by atoms with Crippen LogP contribution in [-0.4, -0.2) is 39.9 Å². The summed E-state index contributed by atoms with van der Waals surface area (Å²) in [6.07, 6.45) is 3.51. The van der Waals surface area contributed by atoms with Crippen molar-refractivity contribution in [2.75, 3.05) is 13.2 Å². The molecule has 0 aliphatic heterocycles. The van der Waals surface area contributed by atoms with Crippen LogP contribution in [0.4, 0.5) is 4.79 Å². The molecule has 0 aliphatic carbocycles.